The summed E-state index contributed by atoms with van der Waals surface area (Å²) in [7, 11) is 1.55. The summed E-state index contributed by atoms with van der Waals surface area (Å²) in [6.07, 6.45) is 0.0392. The van der Waals surface area contributed by atoms with Gasteiger partial charge in [-0.25, -0.2) is 0 Å². The van der Waals surface area contributed by atoms with Crippen LogP contribution < -0.4 is 14.6 Å². The molecule has 0 unspecified atom stereocenters. The minimum absolute atomic E-state index is 0.00795. The number of nitrogens with zero attached hydrogens (tertiary/aromatic N) is 1. The highest BCUT2D eigenvalue weighted by Gasteiger charge is 2.30. The van der Waals surface area contributed by atoms with Gasteiger partial charge in [-0.3, -0.25) is 4.79 Å². The molecule has 2 rings (SSSR count). The van der Waals surface area contributed by atoms with Crippen LogP contribution in [0, 0.1) is 5.92 Å². The van der Waals surface area contributed by atoms with Gasteiger partial charge in [0.2, 0.25) is 5.91 Å². The SMILES string of the molecule is COc1cc(CN2C[C@H](C(=O)[O-])CC2=O)ccc1OC(C)C. The lowest BCUT2D eigenvalue weighted by Gasteiger charge is -2.19. The molecule has 1 aliphatic heterocycles. The number of aliphatic carboxylic acids is 1. The molecule has 0 saturated carbocycles. The molecule has 1 aliphatic rings. The largest absolute Gasteiger partial charge is 0.550 e. The highest BCUT2D eigenvalue weighted by molar-refractivity contribution is 5.85. The van der Waals surface area contributed by atoms with E-state index in [0.29, 0.717) is 18.0 Å². The quantitative estimate of drug-likeness (QED) is 0.768. The van der Waals surface area contributed by atoms with E-state index in [2.05, 4.69) is 0 Å². The van der Waals surface area contributed by atoms with Crippen LogP contribution >= 0.6 is 0 Å². The number of carbonyl (C=O) groups excluding carboxylic acids is 2. The van der Waals surface area contributed by atoms with E-state index in [1.165, 1.54) is 4.90 Å². The first-order valence-corrected chi connectivity index (χ1v) is 7.23. The maximum absolute atomic E-state index is 11.8. The zero-order chi connectivity index (χ0) is 16.3. The molecule has 1 fully saturated rings. The van der Waals surface area contributed by atoms with Crippen LogP contribution in [0.4, 0.5) is 0 Å². The highest BCUT2D eigenvalue weighted by atomic mass is 16.5. The molecule has 6 nitrogen and oxygen atoms in total. The van der Waals surface area contributed by atoms with Gasteiger partial charge in [0, 0.05) is 31.4 Å². The molecule has 6 heteroatoms. The molecule has 1 aromatic carbocycles. The van der Waals surface area contributed by atoms with Gasteiger partial charge >= 0.3 is 0 Å². The Balaban J connectivity index is 2.10. The summed E-state index contributed by atoms with van der Waals surface area (Å²) in [4.78, 5) is 24.2. The van der Waals surface area contributed by atoms with Gasteiger partial charge in [-0.05, 0) is 31.5 Å². The van der Waals surface area contributed by atoms with Crippen molar-refractivity contribution >= 4 is 11.9 Å². The first-order chi connectivity index (χ1) is 10.4. The van der Waals surface area contributed by atoms with Crippen LogP contribution in [0.15, 0.2) is 18.2 Å². The van der Waals surface area contributed by atoms with E-state index in [9.17, 15) is 14.7 Å². The summed E-state index contributed by atoms with van der Waals surface area (Å²) >= 11 is 0. The summed E-state index contributed by atoms with van der Waals surface area (Å²) in [5, 5.41) is 10.9. The molecule has 0 aliphatic carbocycles. The molecule has 1 atom stereocenters. The summed E-state index contributed by atoms with van der Waals surface area (Å²) < 4.78 is 10.9. The van der Waals surface area contributed by atoms with Crippen LogP contribution in [0.3, 0.4) is 0 Å². The fourth-order valence-electron chi connectivity index (χ4n) is 2.46. The van der Waals surface area contributed by atoms with Crippen molar-refractivity contribution in [3.8, 4) is 11.5 Å². The van der Waals surface area contributed by atoms with E-state index < -0.39 is 11.9 Å². The molecule has 0 bridgehead atoms. The minimum Gasteiger partial charge on any atom is -0.550 e. The number of methoxy groups -OCH3 is 1. The molecule has 120 valence electrons. The maximum atomic E-state index is 11.8. The third kappa shape index (κ3) is 3.69. The Bertz CT molecular complexity index is 570. The molecule has 22 heavy (non-hydrogen) atoms. The lowest BCUT2D eigenvalue weighted by atomic mass is 10.1. The number of amides is 1. The predicted molar refractivity (Wildman–Crippen MR) is 77.3 cm³/mol. The van der Waals surface area contributed by atoms with E-state index in [1.807, 2.05) is 19.9 Å². The fraction of sp³-hybridized carbons (Fsp3) is 0.500. The van der Waals surface area contributed by atoms with Gasteiger partial charge in [-0.2, -0.15) is 0 Å². The zero-order valence-electron chi connectivity index (χ0n) is 13.0. The van der Waals surface area contributed by atoms with Crippen molar-refractivity contribution in [3.05, 3.63) is 23.8 Å². The van der Waals surface area contributed by atoms with Crippen LogP contribution in [0.5, 0.6) is 11.5 Å². The van der Waals surface area contributed by atoms with Crippen LogP contribution in [-0.2, 0) is 16.1 Å². The third-order valence-electron chi connectivity index (χ3n) is 3.51. The number of likely N-dealkylation sites (tertiary alicyclic amines) is 1. The number of hydrogen-bond acceptors (Lipinski definition) is 5. The number of carbonyl (C=O) groups is 2. The molecule has 0 aromatic heterocycles. The number of hydrogen-bond donors (Lipinski definition) is 0. The van der Waals surface area contributed by atoms with Gasteiger partial charge < -0.3 is 24.3 Å². The lowest BCUT2D eigenvalue weighted by molar-refractivity contribution is -0.311. The number of rotatable bonds is 6. The van der Waals surface area contributed by atoms with Crippen molar-refractivity contribution < 1.29 is 24.2 Å². The van der Waals surface area contributed by atoms with Crippen molar-refractivity contribution in [1.82, 2.24) is 4.90 Å². The number of benzene rings is 1. The molecule has 0 spiro atoms. The zero-order valence-corrected chi connectivity index (χ0v) is 13.0. The number of ether oxygens (including phenoxy) is 2. The Labute approximate surface area is 129 Å². The molecule has 0 radical (unpaired) electrons. The molecule has 1 heterocycles. The number of carboxylic acids is 1. The van der Waals surface area contributed by atoms with E-state index in [1.54, 1.807) is 19.2 Å². The first kappa shape index (κ1) is 16.1. The van der Waals surface area contributed by atoms with Gasteiger partial charge in [0.25, 0.3) is 0 Å². The second-order valence-electron chi connectivity index (χ2n) is 5.65. The third-order valence-corrected chi connectivity index (χ3v) is 3.51. The Morgan fingerprint density at radius 1 is 1.41 bits per heavy atom. The normalized spacial score (nSPS) is 17.9. The van der Waals surface area contributed by atoms with E-state index in [0.717, 1.165) is 5.56 Å². The average molecular weight is 306 g/mol. The first-order valence-electron chi connectivity index (χ1n) is 7.23. The van der Waals surface area contributed by atoms with Crippen molar-refractivity contribution in [2.75, 3.05) is 13.7 Å². The van der Waals surface area contributed by atoms with E-state index in [4.69, 9.17) is 9.47 Å². The van der Waals surface area contributed by atoms with Crippen molar-refractivity contribution in [3.63, 3.8) is 0 Å². The van der Waals surface area contributed by atoms with Gasteiger partial charge in [-0.1, -0.05) is 6.07 Å². The minimum atomic E-state index is -1.17. The highest BCUT2D eigenvalue weighted by Crippen LogP contribution is 2.30. The van der Waals surface area contributed by atoms with E-state index in [-0.39, 0.29) is 25.0 Å². The molecular formula is C16H20NO5-. The monoisotopic (exact) mass is 306 g/mol. The van der Waals surface area contributed by atoms with Crippen LogP contribution in [-0.4, -0.2) is 36.5 Å². The smallest absolute Gasteiger partial charge is 0.223 e. The van der Waals surface area contributed by atoms with Crippen LogP contribution in [0.1, 0.15) is 25.8 Å². The van der Waals surface area contributed by atoms with Gasteiger partial charge in [0.1, 0.15) is 0 Å². The Morgan fingerprint density at radius 3 is 2.68 bits per heavy atom. The van der Waals surface area contributed by atoms with Crippen molar-refractivity contribution in [2.24, 2.45) is 5.92 Å². The summed E-state index contributed by atoms with van der Waals surface area (Å²) in [5.74, 6) is -0.835. The standard InChI is InChI=1S/C16H21NO5/c1-10(2)22-13-5-4-11(6-14(13)21-3)8-17-9-12(16(19)20)7-15(17)18/h4-6,10,12H,7-9H2,1-3H3,(H,19,20)/p-1/t12-/m1/s1. The van der Waals surface area contributed by atoms with Crippen LogP contribution in [0.2, 0.25) is 0 Å². The van der Waals surface area contributed by atoms with Gasteiger partial charge in [0.05, 0.1) is 13.2 Å². The Kier molecular flexibility index (Phi) is 4.90. The molecule has 1 aromatic rings. The van der Waals surface area contributed by atoms with Crippen molar-refractivity contribution in [1.29, 1.82) is 0 Å². The van der Waals surface area contributed by atoms with Crippen LogP contribution in [0.25, 0.3) is 0 Å². The van der Waals surface area contributed by atoms with Gasteiger partial charge in [-0.15, -0.1) is 0 Å². The second-order valence-corrected chi connectivity index (χ2v) is 5.65. The summed E-state index contributed by atoms with van der Waals surface area (Å²) in [5.41, 5.74) is 0.861. The fourth-order valence-corrected chi connectivity index (χ4v) is 2.46. The summed E-state index contributed by atoms with van der Waals surface area (Å²) in [6.45, 7) is 4.39. The predicted octanol–water partition coefficient (Wildman–Crippen LogP) is 0.581. The lowest BCUT2D eigenvalue weighted by Crippen LogP contribution is -2.33. The Hall–Kier alpha value is -2.24. The molecule has 0 N–H and O–H groups in total. The maximum Gasteiger partial charge on any atom is 0.223 e. The topological polar surface area (TPSA) is 78.9 Å². The molecular weight excluding hydrogens is 286 g/mol. The second kappa shape index (κ2) is 6.68. The molecule has 1 saturated heterocycles. The summed E-state index contributed by atoms with van der Waals surface area (Å²) in [6, 6.07) is 5.45. The Morgan fingerprint density at radius 2 is 2.14 bits per heavy atom. The molecule has 1 amide bonds. The van der Waals surface area contributed by atoms with Crippen molar-refractivity contribution in [2.45, 2.75) is 32.9 Å². The number of carboxylic acid groups (broad SMARTS) is 1. The average Bonchev–Trinajstić information content (AvgIpc) is 2.81. The van der Waals surface area contributed by atoms with Gasteiger partial charge in [0.15, 0.2) is 11.5 Å². The van der Waals surface area contributed by atoms with E-state index >= 15 is 0 Å².